The number of amides is 1. The Morgan fingerprint density at radius 1 is 1.30 bits per heavy atom. The van der Waals surface area contributed by atoms with Crippen molar-refractivity contribution in [3.05, 3.63) is 36.0 Å². The Labute approximate surface area is 117 Å². The molecule has 20 heavy (non-hydrogen) atoms. The molecule has 5 nitrogen and oxygen atoms in total. The molecule has 0 saturated heterocycles. The molecule has 0 aliphatic carbocycles. The zero-order chi connectivity index (χ0) is 14.9. The first-order valence-electron chi connectivity index (χ1n) is 6.48. The molecule has 5 heteroatoms. The van der Waals surface area contributed by atoms with Crippen molar-refractivity contribution in [3.63, 3.8) is 0 Å². The summed E-state index contributed by atoms with van der Waals surface area (Å²) >= 11 is 0. The van der Waals surface area contributed by atoms with Crippen molar-refractivity contribution < 1.29 is 14.7 Å². The average Bonchev–Trinajstić information content (AvgIpc) is 2.73. The van der Waals surface area contributed by atoms with Gasteiger partial charge in [0.1, 0.15) is 6.54 Å². The predicted octanol–water partition coefficient (Wildman–Crippen LogP) is 2.11. The Morgan fingerprint density at radius 2 is 1.95 bits per heavy atom. The predicted molar refractivity (Wildman–Crippen MR) is 76.7 cm³/mol. The van der Waals surface area contributed by atoms with Crippen LogP contribution in [0.4, 0.5) is 0 Å². The highest BCUT2D eigenvalue weighted by molar-refractivity contribution is 6.07. The average molecular weight is 274 g/mol. The van der Waals surface area contributed by atoms with E-state index in [1.54, 1.807) is 6.20 Å². The van der Waals surface area contributed by atoms with Crippen molar-refractivity contribution in [3.8, 4) is 0 Å². The maximum Gasteiger partial charge on any atom is 0.323 e. The van der Waals surface area contributed by atoms with Crippen molar-refractivity contribution in [1.29, 1.82) is 0 Å². The fourth-order valence-electron chi connectivity index (χ4n) is 2.30. The number of carbonyl (C=O) groups is 2. The molecule has 0 aliphatic heterocycles. The van der Waals surface area contributed by atoms with Crippen molar-refractivity contribution in [2.24, 2.45) is 7.05 Å². The number of carboxylic acids is 1. The summed E-state index contributed by atoms with van der Waals surface area (Å²) in [7, 11) is 1.87. The number of fused-ring (bicyclic) bond motifs is 1. The molecular formula is C15H18N2O3. The molecule has 1 aromatic heterocycles. The van der Waals surface area contributed by atoms with Gasteiger partial charge in [-0.1, -0.05) is 18.2 Å². The van der Waals surface area contributed by atoms with Crippen LogP contribution in [0.3, 0.4) is 0 Å². The van der Waals surface area contributed by atoms with E-state index in [1.807, 2.05) is 49.7 Å². The number of nitrogens with zero attached hydrogens (tertiary/aromatic N) is 2. The monoisotopic (exact) mass is 274 g/mol. The summed E-state index contributed by atoms with van der Waals surface area (Å²) < 4.78 is 1.88. The summed E-state index contributed by atoms with van der Waals surface area (Å²) in [5, 5.41) is 9.79. The van der Waals surface area contributed by atoms with Crippen molar-refractivity contribution >= 4 is 22.8 Å². The number of aryl methyl sites for hydroxylation is 1. The second kappa shape index (κ2) is 5.36. The summed E-state index contributed by atoms with van der Waals surface area (Å²) in [6, 6.07) is 7.42. The molecular weight excluding hydrogens is 256 g/mol. The molecule has 2 rings (SSSR count). The third kappa shape index (κ3) is 2.52. The number of benzene rings is 1. The van der Waals surface area contributed by atoms with Gasteiger partial charge < -0.3 is 14.6 Å². The van der Waals surface area contributed by atoms with Gasteiger partial charge >= 0.3 is 5.97 Å². The molecule has 1 N–H and O–H groups in total. The van der Waals surface area contributed by atoms with E-state index in [0.29, 0.717) is 5.56 Å². The molecule has 1 aromatic carbocycles. The third-order valence-electron chi connectivity index (χ3n) is 3.32. The van der Waals surface area contributed by atoms with Gasteiger partial charge in [-0.05, 0) is 19.9 Å². The van der Waals surface area contributed by atoms with Gasteiger partial charge in [-0.3, -0.25) is 9.59 Å². The van der Waals surface area contributed by atoms with E-state index >= 15 is 0 Å². The van der Waals surface area contributed by atoms with Crippen LogP contribution in [0.15, 0.2) is 30.5 Å². The molecule has 1 heterocycles. The van der Waals surface area contributed by atoms with E-state index in [4.69, 9.17) is 5.11 Å². The largest absolute Gasteiger partial charge is 0.480 e. The first-order valence-corrected chi connectivity index (χ1v) is 6.48. The van der Waals surface area contributed by atoms with Crippen LogP contribution in [0.1, 0.15) is 24.2 Å². The normalized spacial score (nSPS) is 11.0. The molecule has 0 unspecified atom stereocenters. The van der Waals surface area contributed by atoms with Crippen LogP contribution in [0.2, 0.25) is 0 Å². The lowest BCUT2D eigenvalue weighted by Crippen LogP contribution is -2.40. The van der Waals surface area contributed by atoms with E-state index < -0.39 is 5.97 Å². The molecule has 0 radical (unpaired) electrons. The lowest BCUT2D eigenvalue weighted by Gasteiger charge is -2.24. The topological polar surface area (TPSA) is 62.5 Å². The summed E-state index contributed by atoms with van der Waals surface area (Å²) in [5.74, 6) is -1.26. The number of hydrogen-bond donors (Lipinski definition) is 1. The highest BCUT2D eigenvalue weighted by Crippen LogP contribution is 2.22. The zero-order valence-electron chi connectivity index (χ0n) is 11.8. The lowest BCUT2D eigenvalue weighted by atomic mass is 10.1. The summed E-state index contributed by atoms with van der Waals surface area (Å²) in [4.78, 5) is 24.9. The van der Waals surface area contributed by atoms with Crippen molar-refractivity contribution in [1.82, 2.24) is 9.47 Å². The minimum Gasteiger partial charge on any atom is -0.480 e. The van der Waals surface area contributed by atoms with Crippen LogP contribution in [0.5, 0.6) is 0 Å². The molecule has 0 bridgehead atoms. The fraction of sp³-hybridized carbons (Fsp3) is 0.333. The maximum atomic E-state index is 12.6. The molecule has 0 atom stereocenters. The summed E-state index contributed by atoms with van der Waals surface area (Å²) in [6.45, 7) is 3.33. The third-order valence-corrected chi connectivity index (χ3v) is 3.32. The second-order valence-corrected chi connectivity index (χ2v) is 5.09. The van der Waals surface area contributed by atoms with Gasteiger partial charge in [-0.2, -0.15) is 0 Å². The maximum absolute atomic E-state index is 12.6. The summed E-state index contributed by atoms with van der Waals surface area (Å²) in [5.41, 5.74) is 1.49. The molecule has 1 amide bonds. The van der Waals surface area contributed by atoms with Crippen LogP contribution < -0.4 is 0 Å². The molecule has 0 saturated carbocycles. The van der Waals surface area contributed by atoms with Crippen molar-refractivity contribution in [2.45, 2.75) is 19.9 Å². The van der Waals surface area contributed by atoms with Gasteiger partial charge in [-0.25, -0.2) is 0 Å². The molecule has 0 aliphatic rings. The fourth-order valence-corrected chi connectivity index (χ4v) is 2.30. The SMILES string of the molecule is CC(C)N(CC(=O)O)C(=O)c1cn(C)c2ccccc12. The molecule has 0 fully saturated rings. The number of rotatable bonds is 4. The Kier molecular flexibility index (Phi) is 3.79. The smallest absolute Gasteiger partial charge is 0.323 e. The van der Waals surface area contributed by atoms with Gasteiger partial charge in [-0.15, -0.1) is 0 Å². The van der Waals surface area contributed by atoms with E-state index in [1.165, 1.54) is 4.90 Å². The molecule has 2 aromatic rings. The number of carboxylic acid groups (broad SMARTS) is 1. The van der Waals surface area contributed by atoms with Crippen LogP contribution in [0, 0.1) is 0 Å². The second-order valence-electron chi connectivity index (χ2n) is 5.09. The Bertz CT molecular complexity index is 658. The van der Waals surface area contributed by atoms with Crippen LogP contribution in [-0.4, -0.2) is 39.0 Å². The Morgan fingerprint density at radius 3 is 2.55 bits per heavy atom. The summed E-state index contributed by atoms with van der Waals surface area (Å²) in [6.07, 6.45) is 1.75. The Hall–Kier alpha value is -2.30. The number of carbonyl (C=O) groups excluding carboxylic acids is 1. The van der Waals surface area contributed by atoms with E-state index in [9.17, 15) is 9.59 Å². The molecule has 0 spiro atoms. The van der Waals surface area contributed by atoms with Gasteiger partial charge in [0.15, 0.2) is 0 Å². The highest BCUT2D eigenvalue weighted by atomic mass is 16.4. The van der Waals surface area contributed by atoms with Gasteiger partial charge in [0.25, 0.3) is 5.91 Å². The standard InChI is InChI=1S/C15H18N2O3/c1-10(2)17(9-14(18)19)15(20)12-8-16(3)13-7-5-4-6-11(12)13/h4-8,10H,9H2,1-3H3,(H,18,19). The van der Waals surface area contributed by atoms with Crippen LogP contribution >= 0.6 is 0 Å². The van der Waals surface area contributed by atoms with Gasteiger partial charge in [0, 0.05) is 30.2 Å². The number of aromatic nitrogens is 1. The zero-order valence-corrected chi connectivity index (χ0v) is 11.8. The molecule has 106 valence electrons. The minimum absolute atomic E-state index is 0.169. The number of para-hydroxylation sites is 1. The van der Waals surface area contributed by atoms with Crippen LogP contribution in [-0.2, 0) is 11.8 Å². The van der Waals surface area contributed by atoms with Crippen molar-refractivity contribution in [2.75, 3.05) is 6.54 Å². The Balaban J connectivity index is 2.46. The number of aliphatic carboxylic acids is 1. The minimum atomic E-state index is -1.01. The van der Waals surface area contributed by atoms with Gasteiger partial charge in [0.05, 0.1) is 5.56 Å². The van der Waals surface area contributed by atoms with E-state index in [0.717, 1.165) is 10.9 Å². The lowest BCUT2D eigenvalue weighted by molar-refractivity contribution is -0.138. The quantitative estimate of drug-likeness (QED) is 0.928. The van der Waals surface area contributed by atoms with Gasteiger partial charge in [0.2, 0.25) is 0 Å². The first-order chi connectivity index (χ1) is 9.41. The van der Waals surface area contributed by atoms with E-state index in [-0.39, 0.29) is 18.5 Å². The van der Waals surface area contributed by atoms with E-state index in [2.05, 4.69) is 0 Å². The highest BCUT2D eigenvalue weighted by Gasteiger charge is 2.24. The van der Waals surface area contributed by atoms with Crippen LogP contribution in [0.25, 0.3) is 10.9 Å². The number of hydrogen-bond acceptors (Lipinski definition) is 2. The first kappa shape index (κ1) is 14.1.